The molecule has 0 aliphatic rings. The van der Waals surface area contributed by atoms with E-state index >= 15 is 0 Å². The van der Waals surface area contributed by atoms with E-state index in [4.69, 9.17) is 17.3 Å². The molecule has 0 saturated carbocycles. The van der Waals surface area contributed by atoms with Crippen LogP contribution in [0.15, 0.2) is 36.5 Å². The lowest BCUT2D eigenvalue weighted by Crippen LogP contribution is -1.96. The van der Waals surface area contributed by atoms with E-state index in [0.717, 1.165) is 11.3 Å². The molecule has 0 amide bonds. The van der Waals surface area contributed by atoms with E-state index in [0.29, 0.717) is 10.8 Å². The van der Waals surface area contributed by atoms with Gasteiger partial charge in [-0.05, 0) is 12.1 Å². The summed E-state index contributed by atoms with van der Waals surface area (Å²) >= 11 is 6.15. The number of anilines is 1. The molecule has 0 fully saturated rings. The Kier molecular flexibility index (Phi) is 2.19. The lowest BCUT2D eigenvalue weighted by molar-refractivity contribution is 0.953. The van der Waals surface area contributed by atoms with Crippen molar-refractivity contribution in [3.8, 4) is 11.3 Å². The molecule has 1 aromatic carbocycles. The molecule has 0 aliphatic heterocycles. The maximum Gasteiger partial charge on any atom is 0.254 e. The Labute approximate surface area is 102 Å². The van der Waals surface area contributed by atoms with Gasteiger partial charge >= 0.3 is 0 Å². The second-order valence-electron chi connectivity index (χ2n) is 3.49. The minimum absolute atomic E-state index is 0.192. The summed E-state index contributed by atoms with van der Waals surface area (Å²) in [5, 5.41) is 4.74. The Morgan fingerprint density at radius 1 is 1.18 bits per heavy atom. The minimum atomic E-state index is 0.192. The smallest absolute Gasteiger partial charge is 0.254 e. The van der Waals surface area contributed by atoms with Crippen LogP contribution in [0, 0.1) is 0 Å². The molecule has 0 saturated heterocycles. The zero-order chi connectivity index (χ0) is 11.8. The van der Waals surface area contributed by atoms with E-state index in [1.54, 1.807) is 10.7 Å². The third-order valence-corrected chi connectivity index (χ3v) is 2.74. The SMILES string of the molecule is Nc1nc2nccc(-c3ccccc3Cl)n2n1. The lowest BCUT2D eigenvalue weighted by Gasteiger charge is -2.04. The van der Waals surface area contributed by atoms with E-state index in [2.05, 4.69) is 15.1 Å². The van der Waals surface area contributed by atoms with Gasteiger partial charge in [0.05, 0.1) is 5.69 Å². The second kappa shape index (κ2) is 3.71. The van der Waals surface area contributed by atoms with Crippen LogP contribution in [0.4, 0.5) is 5.95 Å². The first-order chi connectivity index (χ1) is 8.25. The number of fused-ring (bicyclic) bond motifs is 1. The van der Waals surface area contributed by atoms with Crippen LogP contribution < -0.4 is 5.73 Å². The van der Waals surface area contributed by atoms with Gasteiger partial charge in [-0.1, -0.05) is 29.8 Å². The summed E-state index contributed by atoms with van der Waals surface area (Å²) in [5.74, 6) is 0.650. The summed E-state index contributed by atoms with van der Waals surface area (Å²) < 4.78 is 1.58. The van der Waals surface area contributed by atoms with Gasteiger partial charge in [0, 0.05) is 16.8 Å². The predicted octanol–water partition coefficient (Wildman–Crippen LogP) is 2.03. The highest BCUT2D eigenvalue weighted by Gasteiger charge is 2.10. The fourth-order valence-corrected chi connectivity index (χ4v) is 1.92. The first kappa shape index (κ1) is 10.0. The highest BCUT2D eigenvalue weighted by atomic mass is 35.5. The van der Waals surface area contributed by atoms with Crippen molar-refractivity contribution in [2.45, 2.75) is 0 Å². The predicted molar refractivity (Wildman–Crippen MR) is 65.6 cm³/mol. The van der Waals surface area contributed by atoms with Crippen molar-refractivity contribution in [1.82, 2.24) is 19.6 Å². The average molecular weight is 246 g/mol. The molecule has 0 unspecified atom stereocenters. The molecule has 0 atom stereocenters. The molecule has 3 aromatic rings. The summed E-state index contributed by atoms with van der Waals surface area (Å²) in [6.07, 6.45) is 1.65. The molecule has 0 radical (unpaired) electrons. The molecule has 84 valence electrons. The second-order valence-corrected chi connectivity index (χ2v) is 3.90. The third kappa shape index (κ3) is 1.60. The van der Waals surface area contributed by atoms with Crippen LogP contribution in [0.5, 0.6) is 0 Å². The topological polar surface area (TPSA) is 69.1 Å². The van der Waals surface area contributed by atoms with Crippen molar-refractivity contribution < 1.29 is 0 Å². The number of rotatable bonds is 1. The number of nitrogens with two attached hydrogens (primary N) is 1. The van der Waals surface area contributed by atoms with Gasteiger partial charge in [-0.25, -0.2) is 4.98 Å². The van der Waals surface area contributed by atoms with Gasteiger partial charge in [0.15, 0.2) is 0 Å². The Morgan fingerprint density at radius 3 is 2.82 bits per heavy atom. The summed E-state index contributed by atoms with van der Waals surface area (Å²) in [5.41, 5.74) is 7.24. The minimum Gasteiger partial charge on any atom is -0.366 e. The Morgan fingerprint density at radius 2 is 2.00 bits per heavy atom. The number of nitrogens with zero attached hydrogens (tertiary/aromatic N) is 4. The standard InChI is InChI=1S/C11H8ClN5/c12-8-4-2-1-3-7(8)9-5-6-14-11-15-10(13)16-17(9)11/h1-6H,(H2,13,16). The first-order valence-electron chi connectivity index (χ1n) is 4.98. The number of aromatic nitrogens is 4. The van der Waals surface area contributed by atoms with Gasteiger partial charge in [-0.15, -0.1) is 5.10 Å². The highest BCUT2D eigenvalue weighted by Crippen LogP contribution is 2.26. The van der Waals surface area contributed by atoms with Crippen molar-refractivity contribution >= 4 is 23.3 Å². The van der Waals surface area contributed by atoms with Gasteiger partial charge in [-0.2, -0.15) is 9.50 Å². The molecule has 0 bridgehead atoms. The molecule has 6 heteroatoms. The van der Waals surface area contributed by atoms with Crippen LogP contribution in [0.2, 0.25) is 5.02 Å². The van der Waals surface area contributed by atoms with Gasteiger partial charge in [-0.3, -0.25) is 0 Å². The van der Waals surface area contributed by atoms with E-state index in [1.807, 2.05) is 30.3 Å². The van der Waals surface area contributed by atoms with E-state index < -0.39 is 0 Å². The van der Waals surface area contributed by atoms with E-state index in [-0.39, 0.29) is 5.95 Å². The first-order valence-corrected chi connectivity index (χ1v) is 5.35. The zero-order valence-electron chi connectivity index (χ0n) is 8.71. The van der Waals surface area contributed by atoms with Crippen LogP contribution in [0.1, 0.15) is 0 Å². The molecule has 5 nitrogen and oxygen atoms in total. The fraction of sp³-hybridized carbons (Fsp3) is 0. The van der Waals surface area contributed by atoms with Gasteiger partial charge in [0.25, 0.3) is 5.78 Å². The summed E-state index contributed by atoms with van der Waals surface area (Å²) in [7, 11) is 0. The van der Waals surface area contributed by atoms with Crippen molar-refractivity contribution in [2.75, 3.05) is 5.73 Å². The third-order valence-electron chi connectivity index (χ3n) is 2.41. The molecule has 3 rings (SSSR count). The average Bonchev–Trinajstić information content (AvgIpc) is 2.70. The summed E-state index contributed by atoms with van der Waals surface area (Å²) in [6.45, 7) is 0. The van der Waals surface area contributed by atoms with E-state index in [1.165, 1.54) is 0 Å². The number of nitrogen functional groups attached to an aromatic ring is 1. The fourth-order valence-electron chi connectivity index (χ4n) is 1.68. The number of hydrogen-bond acceptors (Lipinski definition) is 4. The quantitative estimate of drug-likeness (QED) is 0.712. The van der Waals surface area contributed by atoms with E-state index in [9.17, 15) is 0 Å². The van der Waals surface area contributed by atoms with Crippen LogP contribution in [-0.4, -0.2) is 19.6 Å². The van der Waals surface area contributed by atoms with Gasteiger partial charge in [0.1, 0.15) is 0 Å². The molecule has 2 N–H and O–H groups in total. The normalized spacial score (nSPS) is 10.9. The molecule has 17 heavy (non-hydrogen) atoms. The lowest BCUT2D eigenvalue weighted by atomic mass is 10.1. The molecular formula is C11H8ClN5. The van der Waals surface area contributed by atoms with Crippen LogP contribution in [-0.2, 0) is 0 Å². The van der Waals surface area contributed by atoms with Crippen molar-refractivity contribution in [3.05, 3.63) is 41.6 Å². The molecule has 2 heterocycles. The number of hydrogen-bond donors (Lipinski definition) is 1. The van der Waals surface area contributed by atoms with Crippen molar-refractivity contribution in [3.63, 3.8) is 0 Å². The zero-order valence-corrected chi connectivity index (χ0v) is 9.46. The number of benzene rings is 1. The van der Waals surface area contributed by atoms with Crippen molar-refractivity contribution in [2.24, 2.45) is 0 Å². The summed E-state index contributed by atoms with van der Waals surface area (Å²) in [6, 6.07) is 9.34. The maximum absolute atomic E-state index is 6.15. The Hall–Kier alpha value is -2.14. The largest absolute Gasteiger partial charge is 0.366 e. The van der Waals surface area contributed by atoms with Crippen LogP contribution >= 0.6 is 11.6 Å². The summed E-state index contributed by atoms with van der Waals surface area (Å²) in [4.78, 5) is 8.09. The van der Waals surface area contributed by atoms with Crippen LogP contribution in [0.25, 0.3) is 17.0 Å². The van der Waals surface area contributed by atoms with Gasteiger partial charge in [0.2, 0.25) is 5.95 Å². The van der Waals surface area contributed by atoms with Gasteiger partial charge < -0.3 is 5.73 Å². The maximum atomic E-state index is 6.15. The molecule has 0 spiro atoms. The molecule has 2 aromatic heterocycles. The van der Waals surface area contributed by atoms with Crippen LogP contribution in [0.3, 0.4) is 0 Å². The monoisotopic (exact) mass is 245 g/mol. The van der Waals surface area contributed by atoms with Crippen molar-refractivity contribution in [1.29, 1.82) is 0 Å². The highest BCUT2D eigenvalue weighted by molar-refractivity contribution is 6.33. The molecule has 0 aliphatic carbocycles. The number of halogens is 1. The molecular weight excluding hydrogens is 238 g/mol. The Balaban J connectivity index is 2.34. The Bertz CT molecular complexity index is 691.